The minimum absolute atomic E-state index is 0.806. The molecule has 2 N–H and O–H groups in total. The molecule has 1 heterocycles. The molecule has 0 radical (unpaired) electrons. The average molecular weight is 224 g/mol. The van der Waals surface area contributed by atoms with Crippen LogP contribution in [0.4, 0.5) is 0 Å². The van der Waals surface area contributed by atoms with Gasteiger partial charge in [0, 0.05) is 6.04 Å². The van der Waals surface area contributed by atoms with Crippen molar-refractivity contribution in [3.8, 4) is 0 Å². The Morgan fingerprint density at radius 3 is 2.69 bits per heavy atom. The van der Waals surface area contributed by atoms with Crippen LogP contribution in [0.1, 0.15) is 46.0 Å². The maximum atomic E-state index is 3.80. The molecule has 0 aromatic carbocycles. The van der Waals surface area contributed by atoms with Gasteiger partial charge in [-0.1, -0.05) is 26.7 Å². The highest BCUT2D eigenvalue weighted by atomic mass is 15.0. The van der Waals surface area contributed by atoms with Crippen LogP contribution in [-0.2, 0) is 0 Å². The molecule has 2 aliphatic rings. The molecule has 2 nitrogen and oxygen atoms in total. The van der Waals surface area contributed by atoms with Crippen LogP contribution in [0.3, 0.4) is 0 Å². The second-order valence-electron chi connectivity index (χ2n) is 6.11. The third kappa shape index (κ3) is 3.46. The minimum Gasteiger partial charge on any atom is -0.316 e. The van der Waals surface area contributed by atoms with Crippen molar-refractivity contribution in [3.63, 3.8) is 0 Å². The van der Waals surface area contributed by atoms with Crippen LogP contribution >= 0.6 is 0 Å². The monoisotopic (exact) mass is 224 g/mol. The maximum Gasteiger partial charge on any atom is 0.00672 e. The van der Waals surface area contributed by atoms with Gasteiger partial charge in [-0.3, -0.25) is 0 Å². The molecule has 0 amide bonds. The van der Waals surface area contributed by atoms with Gasteiger partial charge >= 0.3 is 0 Å². The van der Waals surface area contributed by atoms with Gasteiger partial charge in [0.1, 0.15) is 0 Å². The van der Waals surface area contributed by atoms with Crippen molar-refractivity contribution in [2.75, 3.05) is 19.6 Å². The van der Waals surface area contributed by atoms with E-state index in [1.54, 1.807) is 0 Å². The lowest BCUT2D eigenvalue weighted by atomic mass is 9.88. The summed E-state index contributed by atoms with van der Waals surface area (Å²) >= 11 is 0. The third-order valence-electron chi connectivity index (χ3n) is 4.60. The molecule has 0 aromatic rings. The molecule has 2 heteroatoms. The van der Waals surface area contributed by atoms with Crippen molar-refractivity contribution in [1.29, 1.82) is 0 Å². The zero-order valence-corrected chi connectivity index (χ0v) is 11.0. The van der Waals surface area contributed by atoms with Gasteiger partial charge in [0.05, 0.1) is 0 Å². The molecule has 3 unspecified atom stereocenters. The quantitative estimate of drug-likeness (QED) is 0.717. The van der Waals surface area contributed by atoms with Crippen LogP contribution in [-0.4, -0.2) is 25.7 Å². The molecular weight excluding hydrogens is 196 g/mol. The summed E-state index contributed by atoms with van der Waals surface area (Å²) in [5.41, 5.74) is 0. The molecule has 1 saturated carbocycles. The maximum absolute atomic E-state index is 3.80. The van der Waals surface area contributed by atoms with Crippen molar-refractivity contribution in [3.05, 3.63) is 0 Å². The van der Waals surface area contributed by atoms with Gasteiger partial charge in [0.25, 0.3) is 0 Å². The Balaban J connectivity index is 1.64. The summed E-state index contributed by atoms with van der Waals surface area (Å²) in [4.78, 5) is 0. The van der Waals surface area contributed by atoms with Crippen LogP contribution in [0.2, 0.25) is 0 Å². The summed E-state index contributed by atoms with van der Waals surface area (Å²) < 4.78 is 0. The van der Waals surface area contributed by atoms with E-state index in [0.29, 0.717) is 0 Å². The molecule has 2 fully saturated rings. The van der Waals surface area contributed by atoms with Crippen LogP contribution in [0.25, 0.3) is 0 Å². The Morgan fingerprint density at radius 1 is 1.19 bits per heavy atom. The molecule has 0 aromatic heterocycles. The second-order valence-corrected chi connectivity index (χ2v) is 6.11. The van der Waals surface area contributed by atoms with E-state index in [-0.39, 0.29) is 0 Å². The fourth-order valence-corrected chi connectivity index (χ4v) is 2.92. The Morgan fingerprint density at radius 2 is 2.00 bits per heavy atom. The first-order chi connectivity index (χ1) is 7.75. The Hall–Kier alpha value is -0.0800. The number of nitrogens with one attached hydrogen (secondary N) is 2. The van der Waals surface area contributed by atoms with E-state index >= 15 is 0 Å². The second kappa shape index (κ2) is 6.02. The first-order valence-electron chi connectivity index (χ1n) is 7.20. The van der Waals surface area contributed by atoms with Gasteiger partial charge in [-0.25, -0.2) is 0 Å². The third-order valence-corrected chi connectivity index (χ3v) is 4.60. The lowest BCUT2D eigenvalue weighted by Crippen LogP contribution is -2.48. The van der Waals surface area contributed by atoms with E-state index in [2.05, 4.69) is 24.5 Å². The predicted octanol–water partition coefficient (Wildman–Crippen LogP) is 2.40. The van der Waals surface area contributed by atoms with Crippen LogP contribution in [0.5, 0.6) is 0 Å². The van der Waals surface area contributed by atoms with Gasteiger partial charge in [-0.15, -0.1) is 0 Å². The molecule has 94 valence electrons. The van der Waals surface area contributed by atoms with E-state index in [1.165, 1.54) is 51.7 Å². The first-order valence-corrected chi connectivity index (χ1v) is 7.20. The summed E-state index contributed by atoms with van der Waals surface area (Å²) in [7, 11) is 0. The van der Waals surface area contributed by atoms with E-state index in [1.807, 2.05) is 0 Å². The van der Waals surface area contributed by atoms with Crippen molar-refractivity contribution < 1.29 is 0 Å². The Kier molecular flexibility index (Phi) is 4.66. The highest BCUT2D eigenvalue weighted by Crippen LogP contribution is 2.23. The molecule has 16 heavy (non-hydrogen) atoms. The van der Waals surface area contributed by atoms with Crippen LogP contribution in [0.15, 0.2) is 0 Å². The molecule has 1 aliphatic heterocycles. The van der Waals surface area contributed by atoms with Crippen LogP contribution < -0.4 is 10.6 Å². The smallest absolute Gasteiger partial charge is 0.00672 e. The van der Waals surface area contributed by atoms with E-state index in [4.69, 9.17) is 0 Å². The zero-order valence-electron chi connectivity index (χ0n) is 11.0. The molecule has 0 bridgehead atoms. The summed E-state index contributed by atoms with van der Waals surface area (Å²) in [6.45, 7) is 8.52. The standard InChI is InChI=1S/C14H28N2/c1-11-4-3-5-14(7-6-11)16-8-12(2)13-9-15-10-13/h11-16H,3-10H2,1-2H3. The van der Waals surface area contributed by atoms with Crippen molar-refractivity contribution in [1.82, 2.24) is 10.6 Å². The van der Waals surface area contributed by atoms with E-state index in [0.717, 1.165) is 23.8 Å². The van der Waals surface area contributed by atoms with Crippen molar-refractivity contribution in [2.24, 2.45) is 17.8 Å². The van der Waals surface area contributed by atoms with Gasteiger partial charge in [-0.05, 0) is 56.7 Å². The van der Waals surface area contributed by atoms with Crippen LogP contribution in [0, 0.1) is 17.8 Å². The Bertz CT molecular complexity index is 201. The number of rotatable bonds is 4. The predicted molar refractivity (Wildman–Crippen MR) is 69.6 cm³/mol. The first kappa shape index (κ1) is 12.4. The van der Waals surface area contributed by atoms with E-state index in [9.17, 15) is 0 Å². The fraction of sp³-hybridized carbons (Fsp3) is 1.00. The normalized spacial score (nSPS) is 34.1. The lowest BCUT2D eigenvalue weighted by Gasteiger charge is -2.33. The minimum atomic E-state index is 0.806. The topological polar surface area (TPSA) is 24.1 Å². The zero-order chi connectivity index (χ0) is 11.4. The summed E-state index contributed by atoms with van der Waals surface area (Å²) in [5.74, 6) is 2.74. The largest absolute Gasteiger partial charge is 0.316 e. The molecule has 2 rings (SSSR count). The average Bonchev–Trinajstić information content (AvgIpc) is 2.37. The molecule has 1 saturated heterocycles. The molecule has 1 aliphatic carbocycles. The van der Waals surface area contributed by atoms with Crippen molar-refractivity contribution >= 4 is 0 Å². The number of hydrogen-bond donors (Lipinski definition) is 2. The lowest BCUT2D eigenvalue weighted by molar-refractivity contribution is 0.234. The van der Waals surface area contributed by atoms with Gasteiger partial charge in [0.2, 0.25) is 0 Å². The summed E-state index contributed by atoms with van der Waals surface area (Å²) in [6, 6.07) is 0.806. The summed E-state index contributed by atoms with van der Waals surface area (Å²) in [5, 5.41) is 7.17. The van der Waals surface area contributed by atoms with E-state index < -0.39 is 0 Å². The summed E-state index contributed by atoms with van der Waals surface area (Å²) in [6.07, 6.45) is 7.10. The van der Waals surface area contributed by atoms with Gasteiger partial charge in [0.15, 0.2) is 0 Å². The SMILES string of the molecule is CC1CCCC(NCC(C)C2CNC2)CC1. The van der Waals surface area contributed by atoms with Gasteiger partial charge in [-0.2, -0.15) is 0 Å². The number of hydrogen-bond acceptors (Lipinski definition) is 2. The highest BCUT2D eigenvalue weighted by Gasteiger charge is 2.24. The highest BCUT2D eigenvalue weighted by molar-refractivity contribution is 4.82. The molecular formula is C14H28N2. The Labute approximate surface area is 101 Å². The van der Waals surface area contributed by atoms with Gasteiger partial charge < -0.3 is 10.6 Å². The van der Waals surface area contributed by atoms with Crippen molar-refractivity contribution in [2.45, 2.75) is 52.0 Å². The molecule has 0 spiro atoms. The molecule has 3 atom stereocenters. The fourth-order valence-electron chi connectivity index (χ4n) is 2.92.